The number of anilines is 1. The van der Waals surface area contributed by atoms with Crippen molar-refractivity contribution in [3.63, 3.8) is 0 Å². The average Bonchev–Trinajstić information content (AvgIpc) is 3.35. The fourth-order valence-corrected chi connectivity index (χ4v) is 2.80. The molecule has 25 heavy (non-hydrogen) atoms. The second kappa shape index (κ2) is 6.35. The lowest BCUT2D eigenvalue weighted by Gasteiger charge is -2.08. The molecule has 0 radical (unpaired) electrons. The monoisotopic (exact) mass is 347 g/mol. The molecule has 1 saturated carbocycles. The van der Waals surface area contributed by atoms with Crippen LogP contribution in [-0.4, -0.2) is 11.7 Å². The minimum atomic E-state index is -4.36. The number of nitrogens with one attached hydrogen (secondary N) is 1. The van der Waals surface area contributed by atoms with Gasteiger partial charge >= 0.3 is 6.18 Å². The van der Waals surface area contributed by atoms with E-state index in [1.54, 1.807) is 24.3 Å². The molecule has 0 saturated heterocycles. The highest BCUT2D eigenvalue weighted by Crippen LogP contribution is 2.48. The van der Waals surface area contributed by atoms with Gasteiger partial charge in [0.05, 0.1) is 5.56 Å². The van der Waals surface area contributed by atoms with Crippen molar-refractivity contribution in [1.82, 2.24) is 0 Å². The maximum absolute atomic E-state index is 12.6. The molecule has 1 fully saturated rings. The Hall–Kier alpha value is -2.63. The molecule has 0 aromatic heterocycles. The lowest BCUT2D eigenvalue weighted by atomic mass is 10.1. The van der Waals surface area contributed by atoms with Gasteiger partial charge in [0.25, 0.3) is 0 Å². The molecule has 130 valence electrons. The number of hydrogen-bond acceptors (Lipinski definition) is 2. The summed E-state index contributed by atoms with van der Waals surface area (Å²) in [5.41, 5.74) is 1.20. The predicted molar refractivity (Wildman–Crippen MR) is 87.4 cm³/mol. The van der Waals surface area contributed by atoms with Gasteiger partial charge in [-0.15, -0.1) is 0 Å². The van der Waals surface area contributed by atoms with Gasteiger partial charge in [-0.3, -0.25) is 9.59 Å². The highest BCUT2D eigenvalue weighted by Gasteiger charge is 2.44. The van der Waals surface area contributed by atoms with Crippen LogP contribution in [0.5, 0.6) is 0 Å². The number of halogens is 3. The van der Waals surface area contributed by atoms with Gasteiger partial charge in [-0.05, 0) is 61.2 Å². The molecule has 3 nitrogen and oxygen atoms in total. The first-order valence-electron chi connectivity index (χ1n) is 7.85. The summed E-state index contributed by atoms with van der Waals surface area (Å²) in [7, 11) is 0. The van der Waals surface area contributed by atoms with Crippen molar-refractivity contribution in [1.29, 1.82) is 0 Å². The van der Waals surface area contributed by atoms with Gasteiger partial charge in [0.1, 0.15) is 0 Å². The van der Waals surface area contributed by atoms with Crippen LogP contribution < -0.4 is 5.32 Å². The smallest absolute Gasteiger partial charge is 0.326 e. The second-order valence-corrected chi connectivity index (χ2v) is 6.19. The first-order valence-corrected chi connectivity index (χ1v) is 7.85. The van der Waals surface area contributed by atoms with Crippen LogP contribution in [0.15, 0.2) is 48.5 Å². The van der Waals surface area contributed by atoms with E-state index in [2.05, 4.69) is 5.32 Å². The maximum Gasteiger partial charge on any atom is 0.416 e. The Morgan fingerprint density at radius 2 is 1.60 bits per heavy atom. The van der Waals surface area contributed by atoms with E-state index in [-0.39, 0.29) is 23.5 Å². The van der Waals surface area contributed by atoms with E-state index >= 15 is 0 Å². The highest BCUT2D eigenvalue weighted by molar-refractivity contribution is 5.97. The standard InChI is InChI=1S/C19H16F3NO2/c1-11(24)12-4-8-15(9-5-12)23-18(25)17-10-16(17)13-2-6-14(7-3-13)19(20,21)22/h2-9,16-17H,10H2,1H3,(H,23,25). The Kier molecular flexibility index (Phi) is 4.37. The largest absolute Gasteiger partial charge is 0.416 e. The number of ketones is 1. The predicted octanol–water partition coefficient (Wildman–Crippen LogP) is 4.65. The Bertz CT molecular complexity index is 795. The molecule has 2 atom stereocenters. The Balaban J connectivity index is 1.61. The first-order chi connectivity index (χ1) is 11.8. The van der Waals surface area contributed by atoms with E-state index in [0.29, 0.717) is 17.7 Å². The van der Waals surface area contributed by atoms with Gasteiger partial charge in [0.15, 0.2) is 5.78 Å². The van der Waals surface area contributed by atoms with Crippen LogP contribution in [0.3, 0.4) is 0 Å². The normalized spacial score (nSPS) is 19.4. The third-order valence-electron chi connectivity index (χ3n) is 4.35. The number of benzene rings is 2. The van der Waals surface area contributed by atoms with Crippen molar-refractivity contribution >= 4 is 17.4 Å². The number of Topliss-reactive ketones (excluding diaryl/α,β-unsaturated/α-hetero) is 1. The molecule has 1 N–H and O–H groups in total. The fourth-order valence-electron chi connectivity index (χ4n) is 2.80. The second-order valence-electron chi connectivity index (χ2n) is 6.19. The molecule has 3 rings (SSSR count). The molecule has 0 heterocycles. The van der Waals surface area contributed by atoms with Gasteiger partial charge < -0.3 is 5.32 Å². The van der Waals surface area contributed by atoms with Crippen LogP contribution in [-0.2, 0) is 11.0 Å². The fraction of sp³-hybridized carbons (Fsp3) is 0.263. The average molecular weight is 347 g/mol. The molecule has 2 unspecified atom stereocenters. The SMILES string of the molecule is CC(=O)c1ccc(NC(=O)C2CC2c2ccc(C(F)(F)F)cc2)cc1. The summed E-state index contributed by atoms with van der Waals surface area (Å²) in [4.78, 5) is 23.5. The van der Waals surface area contributed by atoms with E-state index < -0.39 is 11.7 Å². The molecule has 0 aliphatic heterocycles. The lowest BCUT2D eigenvalue weighted by molar-refractivity contribution is -0.137. The van der Waals surface area contributed by atoms with Crippen molar-refractivity contribution in [3.8, 4) is 0 Å². The van der Waals surface area contributed by atoms with Gasteiger partial charge in [0, 0.05) is 17.2 Å². The number of rotatable bonds is 4. The van der Waals surface area contributed by atoms with Gasteiger partial charge in [0.2, 0.25) is 5.91 Å². The topological polar surface area (TPSA) is 46.2 Å². The number of amides is 1. The third-order valence-corrected chi connectivity index (χ3v) is 4.35. The van der Waals surface area contributed by atoms with Crippen LogP contribution in [0, 0.1) is 5.92 Å². The van der Waals surface area contributed by atoms with Crippen molar-refractivity contribution in [2.24, 2.45) is 5.92 Å². The third kappa shape index (κ3) is 3.90. The molecule has 0 spiro atoms. The van der Waals surface area contributed by atoms with Crippen molar-refractivity contribution in [2.45, 2.75) is 25.4 Å². The number of hydrogen-bond donors (Lipinski definition) is 1. The zero-order valence-electron chi connectivity index (χ0n) is 13.4. The van der Waals surface area contributed by atoms with Crippen molar-refractivity contribution in [2.75, 3.05) is 5.32 Å². The van der Waals surface area contributed by atoms with Crippen molar-refractivity contribution in [3.05, 3.63) is 65.2 Å². The highest BCUT2D eigenvalue weighted by atomic mass is 19.4. The van der Waals surface area contributed by atoms with Crippen LogP contribution >= 0.6 is 0 Å². The summed E-state index contributed by atoms with van der Waals surface area (Å²) in [6, 6.07) is 11.5. The van der Waals surface area contributed by atoms with E-state index in [9.17, 15) is 22.8 Å². The zero-order chi connectivity index (χ0) is 18.2. The summed E-state index contributed by atoms with van der Waals surface area (Å²) in [6.07, 6.45) is -3.74. The summed E-state index contributed by atoms with van der Waals surface area (Å²) in [6.45, 7) is 1.46. The Morgan fingerprint density at radius 3 is 2.12 bits per heavy atom. The molecule has 0 bridgehead atoms. The number of carbonyl (C=O) groups is 2. The quantitative estimate of drug-likeness (QED) is 0.819. The van der Waals surface area contributed by atoms with Gasteiger partial charge in [-0.25, -0.2) is 0 Å². The molecule has 1 aliphatic carbocycles. The zero-order valence-corrected chi connectivity index (χ0v) is 13.4. The summed E-state index contributed by atoms with van der Waals surface area (Å²) in [5.74, 6) is -0.522. The minimum Gasteiger partial charge on any atom is -0.326 e. The van der Waals surface area contributed by atoms with Gasteiger partial charge in [-0.1, -0.05) is 12.1 Å². The van der Waals surface area contributed by atoms with Crippen LogP contribution in [0.2, 0.25) is 0 Å². The van der Waals surface area contributed by atoms with Crippen LogP contribution in [0.1, 0.15) is 40.7 Å². The van der Waals surface area contributed by atoms with Crippen LogP contribution in [0.25, 0.3) is 0 Å². The summed E-state index contributed by atoms with van der Waals surface area (Å²) in [5, 5.41) is 2.78. The molecule has 2 aromatic carbocycles. The molecular formula is C19H16F3NO2. The molecule has 1 aliphatic rings. The van der Waals surface area contributed by atoms with E-state index in [1.807, 2.05) is 0 Å². The van der Waals surface area contributed by atoms with Gasteiger partial charge in [-0.2, -0.15) is 13.2 Å². The summed E-state index contributed by atoms with van der Waals surface area (Å²) < 4.78 is 37.7. The molecule has 6 heteroatoms. The first kappa shape index (κ1) is 17.2. The van der Waals surface area contributed by atoms with E-state index in [0.717, 1.165) is 17.7 Å². The summed E-state index contributed by atoms with van der Waals surface area (Å²) >= 11 is 0. The van der Waals surface area contributed by atoms with Crippen molar-refractivity contribution < 1.29 is 22.8 Å². The molecule has 2 aromatic rings. The van der Waals surface area contributed by atoms with E-state index in [1.165, 1.54) is 19.1 Å². The number of carbonyl (C=O) groups excluding carboxylic acids is 2. The molecule has 1 amide bonds. The van der Waals surface area contributed by atoms with Crippen LogP contribution in [0.4, 0.5) is 18.9 Å². The Labute approximate surface area is 142 Å². The van der Waals surface area contributed by atoms with E-state index in [4.69, 9.17) is 0 Å². The Morgan fingerprint density at radius 1 is 1.00 bits per heavy atom. The number of alkyl halides is 3. The maximum atomic E-state index is 12.6. The minimum absolute atomic E-state index is 0.0533. The molecular weight excluding hydrogens is 331 g/mol. The lowest BCUT2D eigenvalue weighted by Crippen LogP contribution is -2.14.